The topological polar surface area (TPSA) is 62.6 Å². The lowest BCUT2D eigenvalue weighted by molar-refractivity contribution is 0.0914. The van der Waals surface area contributed by atoms with Crippen LogP contribution >= 0.6 is 11.6 Å². The number of likely N-dealkylation sites (N-methyl/N-ethyl adjacent to an activating group) is 1. The van der Waals surface area contributed by atoms with E-state index in [0.717, 1.165) is 11.1 Å². The van der Waals surface area contributed by atoms with Crippen LogP contribution in [-0.2, 0) is 5.41 Å². The average molecular weight is 441 g/mol. The summed E-state index contributed by atoms with van der Waals surface area (Å²) >= 11 is 6.10. The van der Waals surface area contributed by atoms with Crippen LogP contribution in [0.5, 0.6) is 0 Å². The van der Waals surface area contributed by atoms with Crippen molar-refractivity contribution >= 4 is 28.5 Å². The van der Waals surface area contributed by atoms with Gasteiger partial charge in [-0.3, -0.25) is 9.59 Å². The molecule has 5 nitrogen and oxygen atoms in total. The van der Waals surface area contributed by atoms with Gasteiger partial charge in [0.05, 0.1) is 11.4 Å². The van der Waals surface area contributed by atoms with Crippen molar-refractivity contribution in [2.45, 2.75) is 39.2 Å². The number of carbonyl (C=O) groups excluding carboxylic acids is 1. The van der Waals surface area contributed by atoms with Crippen molar-refractivity contribution in [2.75, 3.05) is 20.6 Å². The summed E-state index contributed by atoms with van der Waals surface area (Å²) in [6.45, 7) is 8.73. The number of carbonyl (C=O) groups is 1. The van der Waals surface area contributed by atoms with E-state index in [0.29, 0.717) is 22.5 Å². The fourth-order valence-electron chi connectivity index (χ4n) is 3.47. The Morgan fingerprint density at radius 2 is 1.77 bits per heavy atom. The normalized spacial score (nSPS) is 12.9. The number of rotatable bonds is 5. The minimum atomic E-state index is -0.426. The molecule has 1 N–H and O–H groups in total. The van der Waals surface area contributed by atoms with Crippen molar-refractivity contribution < 1.29 is 9.21 Å². The Hall–Kier alpha value is -2.63. The molecule has 0 bridgehead atoms. The van der Waals surface area contributed by atoms with Crippen molar-refractivity contribution in [3.05, 3.63) is 80.2 Å². The minimum Gasteiger partial charge on any atom is -0.451 e. The fraction of sp³-hybridized carbons (Fsp3) is 0.360. The molecule has 1 amide bonds. The fourth-order valence-corrected chi connectivity index (χ4v) is 3.63. The Kier molecular flexibility index (Phi) is 6.58. The van der Waals surface area contributed by atoms with Gasteiger partial charge in [0.15, 0.2) is 11.2 Å². The molecule has 0 radical (unpaired) electrons. The summed E-state index contributed by atoms with van der Waals surface area (Å²) < 4.78 is 5.71. The van der Waals surface area contributed by atoms with Gasteiger partial charge in [0.1, 0.15) is 5.58 Å². The monoisotopic (exact) mass is 440 g/mol. The Balaban J connectivity index is 1.80. The average Bonchev–Trinajstić information content (AvgIpc) is 2.69. The number of aryl methyl sites for hydroxylation is 1. The van der Waals surface area contributed by atoms with Crippen molar-refractivity contribution in [1.29, 1.82) is 0 Å². The number of hydrogen-bond donors (Lipinski definition) is 1. The first-order chi connectivity index (χ1) is 14.5. The molecule has 2 aromatic carbocycles. The molecule has 0 aliphatic carbocycles. The van der Waals surface area contributed by atoms with Gasteiger partial charge in [0.2, 0.25) is 0 Å². The van der Waals surface area contributed by atoms with E-state index in [1.807, 2.05) is 25.9 Å². The highest BCUT2D eigenvalue weighted by atomic mass is 35.5. The van der Waals surface area contributed by atoms with Crippen LogP contribution in [0.3, 0.4) is 0 Å². The minimum absolute atomic E-state index is 0.0141. The van der Waals surface area contributed by atoms with Gasteiger partial charge < -0.3 is 14.6 Å². The molecule has 31 heavy (non-hydrogen) atoms. The molecule has 1 aromatic heterocycles. The van der Waals surface area contributed by atoms with Crippen LogP contribution in [0.1, 0.15) is 54.1 Å². The van der Waals surface area contributed by atoms with Crippen LogP contribution in [0.4, 0.5) is 0 Å². The van der Waals surface area contributed by atoms with Crippen molar-refractivity contribution in [1.82, 2.24) is 10.2 Å². The highest BCUT2D eigenvalue weighted by molar-refractivity contribution is 6.32. The van der Waals surface area contributed by atoms with E-state index in [1.165, 1.54) is 11.6 Å². The van der Waals surface area contributed by atoms with Crippen molar-refractivity contribution in [2.24, 2.45) is 0 Å². The number of amides is 1. The first-order valence-corrected chi connectivity index (χ1v) is 10.6. The Labute approximate surface area is 188 Å². The van der Waals surface area contributed by atoms with Crippen LogP contribution in [0.2, 0.25) is 5.02 Å². The summed E-state index contributed by atoms with van der Waals surface area (Å²) in [6, 6.07) is 12.9. The lowest BCUT2D eigenvalue weighted by Crippen LogP contribution is -2.34. The van der Waals surface area contributed by atoms with Gasteiger partial charge in [-0.2, -0.15) is 0 Å². The van der Waals surface area contributed by atoms with E-state index < -0.39 is 5.91 Å². The molecule has 1 unspecified atom stereocenters. The molecule has 0 spiro atoms. The van der Waals surface area contributed by atoms with Crippen LogP contribution in [0, 0.1) is 6.92 Å². The lowest BCUT2D eigenvalue weighted by atomic mass is 9.86. The molecule has 3 aromatic rings. The van der Waals surface area contributed by atoms with E-state index in [9.17, 15) is 9.59 Å². The number of benzene rings is 2. The Morgan fingerprint density at radius 1 is 1.13 bits per heavy atom. The summed E-state index contributed by atoms with van der Waals surface area (Å²) in [5, 5.41) is 3.75. The summed E-state index contributed by atoms with van der Waals surface area (Å²) in [5.41, 5.74) is 3.27. The van der Waals surface area contributed by atoms with E-state index >= 15 is 0 Å². The standard InChI is InChI=1S/C25H29ClN2O3/c1-15-11-22-18(12-19(15)26)21(29)13-23(31-22)24(30)27-14-20(28(5)6)16-7-9-17(10-8-16)25(2,3)4/h7-13,20H,14H2,1-6H3,(H,27,30). The molecule has 0 fully saturated rings. The number of halogens is 1. The van der Waals surface area contributed by atoms with Gasteiger partial charge in [-0.1, -0.05) is 56.6 Å². The smallest absolute Gasteiger partial charge is 0.287 e. The van der Waals surface area contributed by atoms with Crippen molar-refractivity contribution in [3.63, 3.8) is 0 Å². The zero-order valence-electron chi connectivity index (χ0n) is 18.9. The van der Waals surface area contributed by atoms with Crippen LogP contribution in [-0.4, -0.2) is 31.4 Å². The van der Waals surface area contributed by atoms with Gasteiger partial charge in [-0.05, 0) is 55.3 Å². The van der Waals surface area contributed by atoms with Gasteiger partial charge >= 0.3 is 0 Å². The number of nitrogens with one attached hydrogen (secondary N) is 1. The Bertz CT molecular complexity index is 1160. The third-order valence-corrected chi connectivity index (χ3v) is 5.88. The largest absolute Gasteiger partial charge is 0.451 e. The number of fused-ring (bicyclic) bond motifs is 1. The number of nitrogens with zero attached hydrogens (tertiary/aromatic N) is 1. The summed E-state index contributed by atoms with van der Waals surface area (Å²) in [5.74, 6) is -0.440. The van der Waals surface area contributed by atoms with Crippen LogP contribution in [0.25, 0.3) is 11.0 Å². The molecule has 164 valence electrons. The third kappa shape index (κ3) is 5.17. The summed E-state index contributed by atoms with van der Waals surface area (Å²) in [4.78, 5) is 27.2. The first kappa shape index (κ1) is 23.0. The second-order valence-electron chi connectivity index (χ2n) is 9.13. The maximum atomic E-state index is 12.7. The molecule has 6 heteroatoms. The van der Waals surface area contributed by atoms with E-state index in [2.05, 4.69) is 50.4 Å². The molecule has 1 heterocycles. The molecule has 3 rings (SSSR count). The molecule has 0 saturated carbocycles. The summed E-state index contributed by atoms with van der Waals surface area (Å²) in [6.07, 6.45) is 0. The molecule has 0 aliphatic heterocycles. The van der Waals surface area contributed by atoms with Crippen LogP contribution < -0.4 is 10.7 Å². The SMILES string of the molecule is Cc1cc2oc(C(=O)NCC(c3ccc(C(C)(C)C)cc3)N(C)C)cc(=O)c2cc1Cl. The molecular formula is C25H29ClN2O3. The summed E-state index contributed by atoms with van der Waals surface area (Å²) in [7, 11) is 3.94. The molecular weight excluding hydrogens is 412 g/mol. The zero-order chi connectivity index (χ0) is 22.9. The predicted octanol–water partition coefficient (Wildman–Crippen LogP) is 5.09. The highest BCUT2D eigenvalue weighted by Gasteiger charge is 2.20. The van der Waals surface area contributed by atoms with Crippen LogP contribution in [0.15, 0.2) is 51.7 Å². The Morgan fingerprint density at radius 3 is 2.35 bits per heavy atom. The highest BCUT2D eigenvalue weighted by Crippen LogP contribution is 2.26. The second-order valence-corrected chi connectivity index (χ2v) is 9.54. The van der Waals surface area contributed by atoms with Gasteiger partial charge in [0.25, 0.3) is 5.91 Å². The van der Waals surface area contributed by atoms with Gasteiger partial charge in [0, 0.05) is 17.6 Å². The van der Waals surface area contributed by atoms with E-state index in [4.69, 9.17) is 16.0 Å². The molecule has 0 aliphatic rings. The maximum absolute atomic E-state index is 12.7. The second kappa shape index (κ2) is 8.85. The zero-order valence-corrected chi connectivity index (χ0v) is 19.6. The lowest BCUT2D eigenvalue weighted by Gasteiger charge is -2.26. The molecule has 1 atom stereocenters. The first-order valence-electron chi connectivity index (χ1n) is 10.3. The van der Waals surface area contributed by atoms with E-state index in [1.54, 1.807) is 12.1 Å². The quantitative estimate of drug-likeness (QED) is 0.600. The van der Waals surface area contributed by atoms with Gasteiger partial charge in [-0.25, -0.2) is 0 Å². The molecule has 0 saturated heterocycles. The number of hydrogen-bond acceptors (Lipinski definition) is 4. The maximum Gasteiger partial charge on any atom is 0.287 e. The van der Waals surface area contributed by atoms with E-state index in [-0.39, 0.29) is 22.6 Å². The van der Waals surface area contributed by atoms with Gasteiger partial charge in [-0.15, -0.1) is 0 Å². The van der Waals surface area contributed by atoms with Crippen molar-refractivity contribution in [3.8, 4) is 0 Å². The third-order valence-electron chi connectivity index (χ3n) is 5.47. The predicted molar refractivity (Wildman–Crippen MR) is 126 cm³/mol.